The summed E-state index contributed by atoms with van der Waals surface area (Å²) in [7, 11) is 0. The molecule has 340 valence electrons. The Morgan fingerprint density at radius 3 is 0.959 bits per heavy atom. The van der Waals surface area contributed by atoms with Gasteiger partial charge < -0.3 is 24.5 Å². The maximum atomic E-state index is 2.61. The number of hydrogen-bond acceptors (Lipinski definition) is 5. The van der Waals surface area contributed by atoms with Crippen LogP contribution in [0.5, 0.6) is 0 Å². The summed E-state index contributed by atoms with van der Waals surface area (Å²) >= 11 is 0. The average molecular weight is 930 g/mol. The predicted molar refractivity (Wildman–Crippen MR) is 309 cm³/mol. The van der Waals surface area contributed by atoms with Crippen molar-refractivity contribution in [1.29, 1.82) is 0 Å². The summed E-state index contributed by atoms with van der Waals surface area (Å²) in [5.74, 6) is 0. The first-order chi connectivity index (χ1) is 36.3. The Morgan fingerprint density at radius 2 is 0.534 bits per heavy atom. The molecule has 15 rings (SSSR count). The topological polar surface area (TPSA) is 16.2 Å². The first-order valence-corrected chi connectivity index (χ1v) is 25.3. The van der Waals surface area contributed by atoms with Gasteiger partial charge in [0, 0.05) is 79.6 Å². The zero-order valence-corrected chi connectivity index (χ0v) is 39.9. The summed E-state index contributed by atoms with van der Waals surface area (Å²) in [6.45, 7) is -0.139. The summed E-state index contributed by atoms with van der Waals surface area (Å²) in [4.78, 5) is 12.5. The Kier molecular flexibility index (Phi) is 9.39. The lowest BCUT2D eigenvalue weighted by molar-refractivity contribution is 1.22. The number of fused-ring (bicyclic) bond motifs is 8. The minimum atomic E-state index is -0.0983. The minimum absolute atomic E-state index is 0.0407. The van der Waals surface area contributed by atoms with Gasteiger partial charge in [-0.1, -0.05) is 158 Å². The molecule has 0 amide bonds. The first-order valence-electron chi connectivity index (χ1n) is 25.3. The highest BCUT2D eigenvalue weighted by Crippen LogP contribution is 2.50. The van der Waals surface area contributed by atoms with Gasteiger partial charge in [0.25, 0.3) is 13.4 Å². The molecule has 0 saturated heterocycles. The highest BCUT2D eigenvalue weighted by Gasteiger charge is 2.48. The van der Waals surface area contributed by atoms with Crippen molar-refractivity contribution in [3.05, 3.63) is 273 Å². The van der Waals surface area contributed by atoms with E-state index in [1.807, 2.05) is 0 Å². The molecule has 4 heterocycles. The van der Waals surface area contributed by atoms with E-state index in [1.165, 1.54) is 61.2 Å². The molecule has 0 atom stereocenters. The van der Waals surface area contributed by atoms with Gasteiger partial charge in [-0.15, -0.1) is 0 Å². The standard InChI is InChI=1S/C66H45B2N5/c1-7-24-46(25-8-1)69(47-26-9-2-10-27-47)52-42-63-66-64(43-52)73(51-34-17-6-18-35-51)62-45-61-55(44-56(62)68(66)54-37-20-22-39-58(54)71(63)49-30-13-4-14-31-49)67-53-36-19-21-38-57(53)70(48-28-11-3-12-29-48)59-40-23-41-60(65(59)67)72(61)50-32-15-5-16-33-50/h1-45H. The molecule has 11 aromatic carbocycles. The molecule has 4 aliphatic heterocycles. The van der Waals surface area contributed by atoms with Crippen LogP contribution in [0, 0.1) is 0 Å². The number of rotatable bonds is 7. The third-order valence-electron chi connectivity index (χ3n) is 15.3. The zero-order valence-electron chi connectivity index (χ0n) is 39.9. The largest absolute Gasteiger partial charge is 0.311 e. The van der Waals surface area contributed by atoms with Crippen LogP contribution in [0.4, 0.5) is 85.3 Å². The van der Waals surface area contributed by atoms with E-state index in [0.29, 0.717) is 0 Å². The SMILES string of the molecule is c1ccc(N(c2ccccc2)c2cc3c4c(c2)N(c2ccccc2)c2cc5c(cc2B4c2ccccc2N3c2ccccc2)B2c3ccccc3N(c3ccccc3)c3cccc(c32)N5c2ccccc2)cc1. The van der Waals surface area contributed by atoms with E-state index in [9.17, 15) is 0 Å². The summed E-state index contributed by atoms with van der Waals surface area (Å²) in [5.41, 5.74) is 24.9. The van der Waals surface area contributed by atoms with Crippen LogP contribution in [0.1, 0.15) is 0 Å². The van der Waals surface area contributed by atoms with Crippen molar-refractivity contribution in [2.45, 2.75) is 0 Å². The third-order valence-corrected chi connectivity index (χ3v) is 15.3. The second kappa shape index (κ2) is 16.6. The summed E-state index contributed by atoms with van der Waals surface area (Å²) in [6, 6.07) is 100. The highest BCUT2D eigenvalue weighted by molar-refractivity contribution is 7.03. The van der Waals surface area contributed by atoms with E-state index in [4.69, 9.17) is 0 Å². The molecule has 0 spiro atoms. The van der Waals surface area contributed by atoms with E-state index in [0.717, 1.165) is 56.9 Å². The van der Waals surface area contributed by atoms with Gasteiger partial charge >= 0.3 is 0 Å². The van der Waals surface area contributed by atoms with Crippen LogP contribution in [-0.2, 0) is 0 Å². The fourth-order valence-corrected chi connectivity index (χ4v) is 12.5. The van der Waals surface area contributed by atoms with Gasteiger partial charge in [0.15, 0.2) is 0 Å². The summed E-state index contributed by atoms with van der Waals surface area (Å²) in [6.07, 6.45) is 0. The zero-order chi connectivity index (χ0) is 48.0. The van der Waals surface area contributed by atoms with E-state index >= 15 is 0 Å². The Balaban J connectivity index is 1.06. The van der Waals surface area contributed by atoms with Crippen LogP contribution in [0.3, 0.4) is 0 Å². The van der Waals surface area contributed by atoms with Crippen molar-refractivity contribution in [3.63, 3.8) is 0 Å². The quantitative estimate of drug-likeness (QED) is 0.148. The first kappa shape index (κ1) is 41.3. The Labute approximate surface area is 426 Å². The van der Waals surface area contributed by atoms with E-state index in [1.54, 1.807) is 0 Å². The maximum absolute atomic E-state index is 2.61. The van der Waals surface area contributed by atoms with E-state index in [2.05, 4.69) is 297 Å². The van der Waals surface area contributed by atoms with E-state index < -0.39 is 0 Å². The number of benzene rings is 11. The van der Waals surface area contributed by atoms with Crippen molar-refractivity contribution in [1.82, 2.24) is 0 Å². The van der Waals surface area contributed by atoms with Gasteiger partial charge in [0.2, 0.25) is 0 Å². The molecule has 0 saturated carbocycles. The van der Waals surface area contributed by atoms with Crippen molar-refractivity contribution in [2.24, 2.45) is 0 Å². The second-order valence-corrected chi connectivity index (χ2v) is 19.3. The molecule has 0 aliphatic carbocycles. The number of nitrogens with zero attached hydrogens (tertiary/aromatic N) is 5. The van der Waals surface area contributed by atoms with Crippen molar-refractivity contribution in [3.8, 4) is 0 Å². The third kappa shape index (κ3) is 6.32. The fraction of sp³-hybridized carbons (Fsp3) is 0. The molecule has 4 aliphatic rings. The number of hydrogen-bond donors (Lipinski definition) is 0. The Hall–Kier alpha value is -9.45. The van der Waals surface area contributed by atoms with Gasteiger partial charge in [0.05, 0.1) is 5.69 Å². The molecule has 0 radical (unpaired) electrons. The summed E-state index contributed by atoms with van der Waals surface area (Å²) < 4.78 is 0. The molecule has 0 aromatic heterocycles. The van der Waals surface area contributed by atoms with Gasteiger partial charge in [-0.05, 0) is 148 Å². The Bertz CT molecular complexity index is 3860. The lowest BCUT2D eigenvalue weighted by Crippen LogP contribution is -2.65. The lowest BCUT2D eigenvalue weighted by atomic mass is 9.30. The molecule has 73 heavy (non-hydrogen) atoms. The highest BCUT2D eigenvalue weighted by atomic mass is 15.2. The monoisotopic (exact) mass is 929 g/mol. The molecule has 0 bridgehead atoms. The van der Waals surface area contributed by atoms with Crippen molar-refractivity contribution < 1.29 is 0 Å². The van der Waals surface area contributed by atoms with Crippen LogP contribution >= 0.6 is 0 Å². The van der Waals surface area contributed by atoms with Crippen LogP contribution in [-0.4, -0.2) is 13.4 Å². The van der Waals surface area contributed by atoms with Crippen LogP contribution in [0.15, 0.2) is 273 Å². The fourth-order valence-electron chi connectivity index (χ4n) is 12.5. The van der Waals surface area contributed by atoms with Gasteiger partial charge in [-0.25, -0.2) is 0 Å². The minimum Gasteiger partial charge on any atom is -0.311 e. The molecule has 11 aromatic rings. The van der Waals surface area contributed by atoms with Crippen LogP contribution < -0.4 is 57.3 Å². The normalized spacial score (nSPS) is 13.3. The molecule has 0 unspecified atom stereocenters. The molecule has 0 N–H and O–H groups in total. The van der Waals surface area contributed by atoms with Gasteiger partial charge in [0.1, 0.15) is 0 Å². The number of para-hydroxylation sites is 8. The van der Waals surface area contributed by atoms with E-state index in [-0.39, 0.29) is 13.4 Å². The summed E-state index contributed by atoms with van der Waals surface area (Å²) in [5, 5.41) is 0. The van der Waals surface area contributed by atoms with Gasteiger partial charge in [-0.2, -0.15) is 0 Å². The second-order valence-electron chi connectivity index (χ2n) is 19.3. The van der Waals surface area contributed by atoms with Crippen molar-refractivity contribution >= 4 is 132 Å². The predicted octanol–water partition coefficient (Wildman–Crippen LogP) is 13.3. The van der Waals surface area contributed by atoms with Gasteiger partial charge in [-0.3, -0.25) is 0 Å². The van der Waals surface area contributed by atoms with Crippen molar-refractivity contribution in [2.75, 3.05) is 24.5 Å². The molecular formula is C66H45B2N5. The molecule has 7 heteroatoms. The smallest absolute Gasteiger partial charge is 0.252 e. The van der Waals surface area contributed by atoms with Crippen LogP contribution in [0.2, 0.25) is 0 Å². The molecular weight excluding hydrogens is 884 g/mol. The number of anilines is 15. The molecule has 5 nitrogen and oxygen atoms in total. The maximum Gasteiger partial charge on any atom is 0.252 e. The average Bonchev–Trinajstić information content (AvgIpc) is 3.46. The Morgan fingerprint density at radius 1 is 0.219 bits per heavy atom. The molecule has 0 fully saturated rings. The lowest BCUT2D eigenvalue weighted by Gasteiger charge is -2.47. The van der Waals surface area contributed by atoms with Crippen LogP contribution in [0.25, 0.3) is 0 Å².